The molecule has 0 bridgehead atoms. The Morgan fingerprint density at radius 1 is 1.33 bits per heavy atom. The molecule has 1 aromatic heterocycles. The molecule has 1 aromatic carbocycles. The maximum atomic E-state index is 8.92. The molecule has 0 saturated heterocycles. The van der Waals surface area contributed by atoms with Gasteiger partial charge in [0.25, 0.3) is 0 Å². The summed E-state index contributed by atoms with van der Waals surface area (Å²) in [5, 5.41) is 12.1. The first-order chi connectivity index (χ1) is 8.69. The maximum Gasteiger partial charge on any atom is 0.226 e. The van der Waals surface area contributed by atoms with E-state index >= 15 is 0 Å². The third kappa shape index (κ3) is 3.18. The van der Waals surface area contributed by atoms with Crippen LogP contribution in [0.1, 0.15) is 18.2 Å². The molecule has 0 aliphatic carbocycles. The molecule has 0 amide bonds. The molecule has 18 heavy (non-hydrogen) atoms. The Bertz CT molecular complexity index is 491. The minimum atomic E-state index is 0.0597. The maximum absolute atomic E-state index is 8.92. The second-order valence-electron chi connectivity index (χ2n) is 4.47. The highest BCUT2D eigenvalue weighted by molar-refractivity contribution is 5.53. The molecule has 0 saturated carbocycles. The van der Waals surface area contributed by atoms with Crippen LogP contribution in [0.5, 0.6) is 0 Å². The average Bonchev–Trinajstić information content (AvgIpc) is 2.85. The second kappa shape index (κ2) is 5.80. The highest BCUT2D eigenvalue weighted by Gasteiger charge is 2.07. The van der Waals surface area contributed by atoms with Crippen molar-refractivity contribution in [3.63, 3.8) is 0 Å². The fourth-order valence-electron chi connectivity index (χ4n) is 1.56. The Kier molecular flexibility index (Phi) is 4.12. The number of aliphatic hydroxyl groups is 1. The van der Waals surface area contributed by atoms with E-state index < -0.39 is 0 Å². The molecule has 2 N–H and O–H groups in total. The van der Waals surface area contributed by atoms with Gasteiger partial charge in [-0.25, -0.2) is 4.98 Å². The molecule has 2 aromatic rings. The summed E-state index contributed by atoms with van der Waals surface area (Å²) in [5.41, 5.74) is 3.02. The zero-order valence-electron chi connectivity index (χ0n) is 10.7. The lowest BCUT2D eigenvalue weighted by atomic mass is 10.1. The summed E-state index contributed by atoms with van der Waals surface area (Å²) in [5.74, 6) is 0.628. The van der Waals surface area contributed by atoms with Crippen molar-refractivity contribution < 1.29 is 9.52 Å². The molecule has 96 valence electrons. The average molecular weight is 246 g/mol. The number of hydrogen-bond acceptors (Lipinski definition) is 4. The van der Waals surface area contributed by atoms with Gasteiger partial charge in [0.1, 0.15) is 6.26 Å². The number of aromatic nitrogens is 1. The van der Waals surface area contributed by atoms with Gasteiger partial charge < -0.3 is 14.8 Å². The molecule has 1 atom stereocenters. The van der Waals surface area contributed by atoms with Crippen LogP contribution in [-0.4, -0.2) is 22.7 Å². The fourth-order valence-corrected chi connectivity index (χ4v) is 1.56. The Balaban J connectivity index is 2.03. The molecular weight excluding hydrogens is 228 g/mol. The minimum Gasteiger partial charge on any atom is -0.444 e. The number of aryl methyl sites for hydroxylation is 1. The van der Waals surface area contributed by atoms with Crippen molar-refractivity contribution in [2.75, 3.05) is 6.61 Å². The number of nitrogens with one attached hydrogen (secondary N) is 1. The van der Waals surface area contributed by atoms with Gasteiger partial charge in [-0.3, -0.25) is 0 Å². The van der Waals surface area contributed by atoms with Gasteiger partial charge in [-0.15, -0.1) is 0 Å². The molecule has 0 fully saturated rings. The zero-order chi connectivity index (χ0) is 13.0. The van der Waals surface area contributed by atoms with Crippen LogP contribution >= 0.6 is 0 Å². The summed E-state index contributed by atoms with van der Waals surface area (Å²) in [7, 11) is 0. The van der Waals surface area contributed by atoms with Crippen molar-refractivity contribution in [2.24, 2.45) is 0 Å². The highest BCUT2D eigenvalue weighted by Crippen LogP contribution is 2.18. The van der Waals surface area contributed by atoms with Crippen LogP contribution in [0.4, 0.5) is 0 Å². The Morgan fingerprint density at radius 2 is 2.06 bits per heavy atom. The minimum absolute atomic E-state index is 0.0597. The quantitative estimate of drug-likeness (QED) is 0.848. The monoisotopic (exact) mass is 246 g/mol. The van der Waals surface area contributed by atoms with E-state index in [9.17, 15) is 0 Å². The van der Waals surface area contributed by atoms with Crippen LogP contribution in [0.2, 0.25) is 0 Å². The lowest BCUT2D eigenvalue weighted by molar-refractivity contribution is 0.250. The molecule has 1 heterocycles. The first kappa shape index (κ1) is 12.8. The lowest BCUT2D eigenvalue weighted by Gasteiger charge is -2.07. The molecule has 4 heteroatoms. The smallest absolute Gasteiger partial charge is 0.226 e. The predicted octanol–water partition coefficient (Wildman–Crippen LogP) is 2.12. The molecular formula is C14H18N2O2. The molecule has 4 nitrogen and oxygen atoms in total. The first-order valence-corrected chi connectivity index (χ1v) is 6.04. The van der Waals surface area contributed by atoms with Gasteiger partial charge in [-0.1, -0.05) is 17.7 Å². The van der Waals surface area contributed by atoms with Crippen molar-refractivity contribution in [2.45, 2.75) is 26.4 Å². The molecule has 0 aliphatic rings. The van der Waals surface area contributed by atoms with Crippen molar-refractivity contribution in [1.82, 2.24) is 10.3 Å². The number of aliphatic hydroxyl groups excluding tert-OH is 1. The van der Waals surface area contributed by atoms with E-state index in [0.717, 1.165) is 11.3 Å². The Morgan fingerprint density at radius 3 is 2.72 bits per heavy atom. The summed E-state index contributed by atoms with van der Waals surface area (Å²) in [4.78, 5) is 4.41. The van der Waals surface area contributed by atoms with Crippen LogP contribution < -0.4 is 5.32 Å². The summed E-state index contributed by atoms with van der Waals surface area (Å²) < 4.78 is 5.44. The van der Waals surface area contributed by atoms with Crippen LogP contribution in [-0.2, 0) is 6.54 Å². The predicted molar refractivity (Wildman–Crippen MR) is 70.1 cm³/mol. The van der Waals surface area contributed by atoms with E-state index in [1.165, 1.54) is 5.56 Å². The van der Waals surface area contributed by atoms with Gasteiger partial charge in [0, 0.05) is 18.2 Å². The zero-order valence-corrected chi connectivity index (χ0v) is 10.7. The van der Waals surface area contributed by atoms with Crippen LogP contribution in [0.15, 0.2) is 34.9 Å². The van der Waals surface area contributed by atoms with Gasteiger partial charge in [0.2, 0.25) is 5.89 Å². The summed E-state index contributed by atoms with van der Waals surface area (Å²) in [6, 6.07) is 8.12. The second-order valence-corrected chi connectivity index (χ2v) is 4.47. The van der Waals surface area contributed by atoms with E-state index in [2.05, 4.69) is 10.3 Å². The van der Waals surface area contributed by atoms with Gasteiger partial charge in [-0.2, -0.15) is 0 Å². The number of rotatable bonds is 5. The SMILES string of the molecule is Cc1ccc(-c2nc(CN[C@H](C)CO)co2)cc1. The van der Waals surface area contributed by atoms with Gasteiger partial charge in [0.05, 0.1) is 12.3 Å². The summed E-state index contributed by atoms with van der Waals surface area (Å²) >= 11 is 0. The van der Waals surface area contributed by atoms with E-state index in [4.69, 9.17) is 9.52 Å². The van der Waals surface area contributed by atoms with Crippen LogP contribution in [0.3, 0.4) is 0 Å². The standard InChI is InChI=1S/C14H18N2O2/c1-10-3-5-12(6-4-10)14-16-13(9-18-14)7-15-11(2)8-17/h3-6,9,11,15,17H,7-8H2,1-2H3/t11-/m1/s1. The topological polar surface area (TPSA) is 58.3 Å². The largest absolute Gasteiger partial charge is 0.444 e. The Labute approximate surface area is 107 Å². The van der Waals surface area contributed by atoms with Gasteiger partial charge in [-0.05, 0) is 26.0 Å². The molecule has 0 aliphatic heterocycles. The normalized spacial score (nSPS) is 12.6. The van der Waals surface area contributed by atoms with E-state index in [1.54, 1.807) is 6.26 Å². The van der Waals surface area contributed by atoms with Crippen LogP contribution in [0.25, 0.3) is 11.5 Å². The van der Waals surface area contributed by atoms with Gasteiger partial charge in [0.15, 0.2) is 0 Å². The number of nitrogens with zero attached hydrogens (tertiary/aromatic N) is 1. The first-order valence-electron chi connectivity index (χ1n) is 6.04. The van der Waals surface area contributed by atoms with Crippen molar-refractivity contribution in [3.05, 3.63) is 41.8 Å². The Hall–Kier alpha value is -1.65. The van der Waals surface area contributed by atoms with Crippen molar-refractivity contribution in [1.29, 1.82) is 0 Å². The lowest BCUT2D eigenvalue weighted by Crippen LogP contribution is -2.28. The molecule has 2 rings (SSSR count). The fraction of sp³-hybridized carbons (Fsp3) is 0.357. The van der Waals surface area contributed by atoms with E-state index in [-0.39, 0.29) is 12.6 Å². The highest BCUT2D eigenvalue weighted by atomic mass is 16.3. The van der Waals surface area contributed by atoms with Crippen molar-refractivity contribution in [3.8, 4) is 11.5 Å². The molecule has 0 unspecified atom stereocenters. The summed E-state index contributed by atoms with van der Waals surface area (Å²) in [6.45, 7) is 4.67. The number of hydrogen-bond donors (Lipinski definition) is 2. The van der Waals surface area contributed by atoms with Gasteiger partial charge >= 0.3 is 0 Å². The van der Waals surface area contributed by atoms with E-state index in [0.29, 0.717) is 12.4 Å². The summed E-state index contributed by atoms with van der Waals surface area (Å²) in [6.07, 6.45) is 1.65. The third-order valence-electron chi connectivity index (χ3n) is 2.76. The third-order valence-corrected chi connectivity index (χ3v) is 2.76. The van der Waals surface area contributed by atoms with Crippen LogP contribution in [0, 0.1) is 6.92 Å². The van der Waals surface area contributed by atoms with E-state index in [1.807, 2.05) is 38.1 Å². The number of oxazole rings is 1. The number of benzene rings is 1. The molecule has 0 radical (unpaired) electrons. The van der Waals surface area contributed by atoms with Crippen molar-refractivity contribution >= 4 is 0 Å². The molecule has 0 spiro atoms.